The van der Waals surface area contributed by atoms with Crippen LogP contribution in [0.25, 0.3) is 22.9 Å². The van der Waals surface area contributed by atoms with Crippen LogP contribution in [0.5, 0.6) is 0 Å². The second-order valence-electron chi connectivity index (χ2n) is 8.32. The minimum atomic E-state index is -4.40. The molecule has 0 amide bonds. The normalized spacial score (nSPS) is 17.5. The zero-order chi connectivity index (χ0) is 25.5. The van der Waals surface area contributed by atoms with E-state index in [0.29, 0.717) is 31.8 Å². The smallest absolute Gasteiger partial charge is 0.381 e. The van der Waals surface area contributed by atoms with Crippen molar-refractivity contribution in [1.29, 1.82) is 0 Å². The van der Waals surface area contributed by atoms with Crippen LogP contribution < -0.4 is 5.30 Å². The van der Waals surface area contributed by atoms with Crippen LogP contribution in [0.1, 0.15) is 24.5 Å². The van der Waals surface area contributed by atoms with Crippen molar-refractivity contribution in [3.8, 4) is 11.1 Å². The van der Waals surface area contributed by atoms with E-state index in [0.717, 1.165) is 48.5 Å². The highest BCUT2D eigenvalue weighted by Crippen LogP contribution is 2.31. The fourth-order valence-electron chi connectivity index (χ4n) is 3.87. The summed E-state index contributed by atoms with van der Waals surface area (Å²) in [5.41, 5.74) is 3.37. The van der Waals surface area contributed by atoms with Crippen LogP contribution in [0.4, 0.5) is 13.2 Å². The fourth-order valence-corrected chi connectivity index (χ4v) is 5.31. The average Bonchev–Trinajstić information content (AvgIpc) is 3.55. The molecule has 0 aliphatic carbocycles. The van der Waals surface area contributed by atoms with E-state index in [1.807, 2.05) is 25.4 Å². The van der Waals surface area contributed by atoms with Gasteiger partial charge in [-0.3, -0.25) is 9.78 Å². The van der Waals surface area contributed by atoms with E-state index >= 15 is 0 Å². The minimum absolute atomic E-state index is 0.425. The Labute approximate surface area is 209 Å². The molecule has 1 saturated heterocycles. The maximum Gasteiger partial charge on any atom is 0.416 e. The summed E-state index contributed by atoms with van der Waals surface area (Å²) in [4.78, 5) is 15.6. The zero-order valence-electron chi connectivity index (χ0n) is 19.6. The average molecular weight is 511 g/mol. The SMILES string of the molecule is CC(=C/C=C/c1cccc(C(F)(F)F)c1)/C(=C\C=O)n1cc(-c2cnccc2P[C@H]2CCOC2)cn1. The maximum atomic E-state index is 13.0. The van der Waals surface area contributed by atoms with Gasteiger partial charge in [-0.25, -0.2) is 4.68 Å². The van der Waals surface area contributed by atoms with Gasteiger partial charge in [-0.2, -0.15) is 18.3 Å². The van der Waals surface area contributed by atoms with E-state index in [1.165, 1.54) is 17.4 Å². The van der Waals surface area contributed by atoms with Crippen molar-refractivity contribution in [1.82, 2.24) is 14.8 Å². The molecule has 0 spiro atoms. The monoisotopic (exact) mass is 511 g/mol. The number of hydrogen-bond donors (Lipinski definition) is 0. The molecular formula is C27H25F3N3O2P. The van der Waals surface area contributed by atoms with E-state index in [1.54, 1.807) is 41.4 Å². The second kappa shape index (κ2) is 11.6. The lowest BCUT2D eigenvalue weighted by molar-refractivity contribution is -0.137. The number of pyridine rings is 1. The number of aldehydes is 1. The molecule has 0 radical (unpaired) electrons. The quantitative estimate of drug-likeness (QED) is 0.167. The number of ether oxygens (including phenoxy) is 1. The van der Waals surface area contributed by atoms with Gasteiger partial charge < -0.3 is 4.74 Å². The van der Waals surface area contributed by atoms with Gasteiger partial charge in [0.25, 0.3) is 0 Å². The summed E-state index contributed by atoms with van der Waals surface area (Å²) in [5.74, 6) is 0. The van der Waals surface area contributed by atoms with Gasteiger partial charge in [-0.15, -0.1) is 0 Å². The highest BCUT2D eigenvalue weighted by atomic mass is 31.1. The predicted molar refractivity (Wildman–Crippen MR) is 137 cm³/mol. The van der Waals surface area contributed by atoms with Crippen LogP contribution in [0.15, 0.2) is 78.9 Å². The van der Waals surface area contributed by atoms with Crippen molar-refractivity contribution in [2.45, 2.75) is 25.2 Å². The summed E-state index contributed by atoms with van der Waals surface area (Å²) in [6, 6.07) is 7.12. The van der Waals surface area contributed by atoms with Crippen LogP contribution in [-0.2, 0) is 15.7 Å². The summed E-state index contributed by atoms with van der Waals surface area (Å²) in [6.07, 6.45) is 10.9. The Morgan fingerprint density at radius 2 is 2.08 bits per heavy atom. The highest BCUT2D eigenvalue weighted by Gasteiger charge is 2.30. The Bertz CT molecular complexity index is 1310. The Hall–Kier alpha value is -3.35. The number of carbonyl (C=O) groups excluding carboxylic acids is 1. The number of carbonyl (C=O) groups is 1. The summed E-state index contributed by atoms with van der Waals surface area (Å²) >= 11 is 0. The van der Waals surface area contributed by atoms with Crippen LogP contribution >= 0.6 is 8.58 Å². The molecule has 3 heterocycles. The molecule has 36 heavy (non-hydrogen) atoms. The van der Waals surface area contributed by atoms with Gasteiger partial charge in [0.2, 0.25) is 0 Å². The Kier molecular flexibility index (Phi) is 8.28. The molecule has 1 aromatic carbocycles. The van der Waals surface area contributed by atoms with E-state index in [9.17, 15) is 18.0 Å². The van der Waals surface area contributed by atoms with Crippen molar-refractivity contribution < 1.29 is 22.7 Å². The van der Waals surface area contributed by atoms with Crippen LogP contribution in [-0.4, -0.2) is 39.9 Å². The van der Waals surface area contributed by atoms with Gasteiger partial charge in [0.1, 0.15) is 6.29 Å². The standard InChI is InChI=1S/C27H25F3N3O2P/c1-19(4-2-5-20-6-3-7-22(14-20)27(28,29)30)25(9-12-34)33-17-21(15-32-33)24-16-31-11-8-26(24)36-23-10-13-35-18-23/h2-9,11-12,14-17,23,36H,10,13,18H2,1H3/b5-2+,19-4-,25-9+/t23-/m0/s1. The van der Waals surface area contributed by atoms with Crippen molar-refractivity contribution >= 4 is 31.9 Å². The Morgan fingerprint density at radius 1 is 1.22 bits per heavy atom. The molecule has 1 aliphatic heterocycles. The minimum Gasteiger partial charge on any atom is -0.381 e. The first-order valence-electron chi connectivity index (χ1n) is 11.4. The predicted octanol–water partition coefficient (Wildman–Crippen LogP) is 5.76. The maximum absolute atomic E-state index is 13.0. The summed E-state index contributed by atoms with van der Waals surface area (Å²) in [6.45, 7) is 3.37. The van der Waals surface area contributed by atoms with Gasteiger partial charge in [0.15, 0.2) is 0 Å². The van der Waals surface area contributed by atoms with E-state index in [-0.39, 0.29) is 0 Å². The van der Waals surface area contributed by atoms with Gasteiger partial charge in [-0.1, -0.05) is 38.9 Å². The number of alkyl halides is 3. The topological polar surface area (TPSA) is 57.0 Å². The van der Waals surface area contributed by atoms with Gasteiger partial charge in [0.05, 0.1) is 24.1 Å². The number of rotatable bonds is 8. The summed E-state index contributed by atoms with van der Waals surface area (Å²) in [7, 11) is 0.599. The van der Waals surface area contributed by atoms with Crippen molar-refractivity contribution in [3.05, 3.63) is 90.0 Å². The molecule has 1 aliphatic rings. The van der Waals surface area contributed by atoms with Crippen molar-refractivity contribution in [3.63, 3.8) is 0 Å². The molecule has 0 bridgehead atoms. The van der Waals surface area contributed by atoms with Crippen molar-refractivity contribution in [2.75, 3.05) is 13.2 Å². The van der Waals surface area contributed by atoms with Gasteiger partial charge in [-0.05, 0) is 48.0 Å². The first kappa shape index (κ1) is 25.7. The zero-order valence-corrected chi connectivity index (χ0v) is 20.6. The fraction of sp³-hybridized carbons (Fsp3) is 0.222. The van der Waals surface area contributed by atoms with E-state index < -0.39 is 11.7 Å². The third-order valence-electron chi connectivity index (χ3n) is 5.73. The number of allylic oxidation sites excluding steroid dienone is 5. The summed E-state index contributed by atoms with van der Waals surface area (Å²) < 4.78 is 46.0. The number of benzene rings is 1. The third-order valence-corrected chi connectivity index (χ3v) is 7.34. The molecule has 2 aromatic heterocycles. The second-order valence-corrected chi connectivity index (χ2v) is 9.96. The molecule has 0 N–H and O–H groups in total. The number of nitrogens with zero attached hydrogens (tertiary/aromatic N) is 3. The molecule has 5 nitrogen and oxygen atoms in total. The van der Waals surface area contributed by atoms with E-state index in [4.69, 9.17) is 4.74 Å². The molecule has 1 unspecified atom stereocenters. The highest BCUT2D eigenvalue weighted by molar-refractivity contribution is 7.48. The molecule has 0 saturated carbocycles. The van der Waals surface area contributed by atoms with E-state index in [2.05, 4.69) is 10.1 Å². The Balaban J connectivity index is 1.55. The Morgan fingerprint density at radius 3 is 2.83 bits per heavy atom. The van der Waals surface area contributed by atoms with Gasteiger partial charge >= 0.3 is 6.18 Å². The molecule has 3 aromatic rings. The molecule has 186 valence electrons. The molecule has 1 fully saturated rings. The summed E-state index contributed by atoms with van der Waals surface area (Å²) in [5, 5.41) is 5.65. The largest absolute Gasteiger partial charge is 0.416 e. The van der Waals surface area contributed by atoms with Crippen LogP contribution in [0.2, 0.25) is 0 Å². The molecular weight excluding hydrogens is 486 g/mol. The molecule has 2 atom stereocenters. The number of hydrogen-bond acceptors (Lipinski definition) is 4. The lowest BCUT2D eigenvalue weighted by Crippen LogP contribution is -2.08. The first-order valence-corrected chi connectivity index (χ1v) is 12.4. The lowest BCUT2D eigenvalue weighted by Gasteiger charge is -2.11. The van der Waals surface area contributed by atoms with Crippen LogP contribution in [0, 0.1) is 0 Å². The van der Waals surface area contributed by atoms with Crippen LogP contribution in [0.3, 0.4) is 0 Å². The number of halogens is 3. The number of aromatic nitrogens is 3. The van der Waals surface area contributed by atoms with Gasteiger partial charge in [0, 0.05) is 48.1 Å². The molecule has 9 heteroatoms. The van der Waals surface area contributed by atoms with Crippen molar-refractivity contribution in [2.24, 2.45) is 0 Å². The molecule has 4 rings (SSSR count). The third kappa shape index (κ3) is 6.45. The first-order chi connectivity index (χ1) is 17.3. The lowest BCUT2D eigenvalue weighted by atomic mass is 10.1.